The van der Waals surface area contributed by atoms with Gasteiger partial charge in [-0.25, -0.2) is 8.42 Å². The molecule has 5 nitrogen and oxygen atoms in total. The lowest BCUT2D eigenvalue weighted by atomic mass is 9.96. The van der Waals surface area contributed by atoms with Crippen molar-refractivity contribution < 1.29 is 13.2 Å². The molecule has 1 aromatic carbocycles. The van der Waals surface area contributed by atoms with Crippen LogP contribution < -0.4 is 5.32 Å². The van der Waals surface area contributed by atoms with Gasteiger partial charge in [-0.15, -0.1) is 0 Å². The number of carbonyl (C=O) groups excluding carboxylic acids is 1. The molecule has 4 rings (SSSR count). The molecule has 1 amide bonds. The molecule has 0 radical (unpaired) electrons. The monoisotopic (exact) mass is 376 g/mol. The van der Waals surface area contributed by atoms with Crippen molar-refractivity contribution in [1.29, 1.82) is 0 Å². The van der Waals surface area contributed by atoms with Gasteiger partial charge < -0.3 is 5.32 Å². The summed E-state index contributed by atoms with van der Waals surface area (Å²) in [4.78, 5) is 13.0. The van der Waals surface area contributed by atoms with Gasteiger partial charge in [0, 0.05) is 25.0 Å². The van der Waals surface area contributed by atoms with Crippen LogP contribution in [0.2, 0.25) is 0 Å². The van der Waals surface area contributed by atoms with Crippen LogP contribution in [0.3, 0.4) is 0 Å². The maximum atomic E-state index is 12.8. The molecular formula is C20H28N2O3S. The van der Waals surface area contributed by atoms with Crippen LogP contribution in [-0.2, 0) is 14.8 Å². The first-order valence-electron chi connectivity index (χ1n) is 9.82. The van der Waals surface area contributed by atoms with Gasteiger partial charge in [0.1, 0.15) is 0 Å². The van der Waals surface area contributed by atoms with Crippen molar-refractivity contribution in [2.75, 3.05) is 13.1 Å². The maximum Gasteiger partial charge on any atom is 0.243 e. The summed E-state index contributed by atoms with van der Waals surface area (Å²) in [5.74, 6) is 1.46. The minimum Gasteiger partial charge on any atom is -0.353 e. The SMILES string of the molecule is Cc1ccc(S(=O)(=O)N2CCC(C(=O)NC(C3CC3)C3CC3)CC2)cc1. The van der Waals surface area contributed by atoms with Gasteiger partial charge in [-0.3, -0.25) is 4.79 Å². The number of carbonyl (C=O) groups is 1. The molecule has 0 spiro atoms. The van der Waals surface area contributed by atoms with Gasteiger partial charge in [-0.05, 0) is 69.4 Å². The van der Waals surface area contributed by atoms with Crippen LogP contribution in [0.15, 0.2) is 29.2 Å². The average molecular weight is 377 g/mol. The van der Waals surface area contributed by atoms with Crippen LogP contribution in [0.1, 0.15) is 44.1 Å². The van der Waals surface area contributed by atoms with Crippen LogP contribution in [0.5, 0.6) is 0 Å². The molecular weight excluding hydrogens is 348 g/mol. The Labute approximate surface area is 156 Å². The van der Waals surface area contributed by atoms with E-state index in [-0.39, 0.29) is 11.8 Å². The lowest BCUT2D eigenvalue weighted by Gasteiger charge is -2.31. The van der Waals surface area contributed by atoms with Crippen LogP contribution in [0, 0.1) is 24.7 Å². The molecule has 0 atom stereocenters. The van der Waals surface area contributed by atoms with Gasteiger partial charge in [0.2, 0.25) is 15.9 Å². The summed E-state index contributed by atoms with van der Waals surface area (Å²) in [5.41, 5.74) is 1.04. The standard InChI is InChI=1S/C20H28N2O3S/c1-14-2-8-18(9-3-14)26(24,25)22-12-10-17(11-13-22)20(23)21-19(15-4-5-15)16-6-7-16/h2-3,8-9,15-17,19H,4-7,10-13H2,1H3,(H,21,23). The van der Waals surface area contributed by atoms with Crippen molar-refractivity contribution >= 4 is 15.9 Å². The summed E-state index contributed by atoms with van der Waals surface area (Å²) in [6.07, 6.45) is 6.20. The maximum absolute atomic E-state index is 12.8. The highest BCUT2D eigenvalue weighted by molar-refractivity contribution is 7.89. The number of nitrogens with zero attached hydrogens (tertiary/aromatic N) is 1. The van der Waals surface area contributed by atoms with E-state index in [4.69, 9.17) is 0 Å². The molecule has 142 valence electrons. The Bertz CT molecular complexity index is 747. The Kier molecular flexibility index (Phi) is 4.82. The van der Waals surface area contributed by atoms with Crippen molar-refractivity contribution in [2.45, 2.75) is 56.4 Å². The van der Waals surface area contributed by atoms with Gasteiger partial charge in [0.15, 0.2) is 0 Å². The molecule has 1 aliphatic heterocycles. The van der Waals surface area contributed by atoms with Crippen LogP contribution in [-0.4, -0.2) is 37.8 Å². The van der Waals surface area contributed by atoms with Crippen molar-refractivity contribution in [1.82, 2.24) is 9.62 Å². The fraction of sp³-hybridized carbons (Fsp3) is 0.650. The number of sulfonamides is 1. The zero-order valence-electron chi connectivity index (χ0n) is 15.4. The lowest BCUT2D eigenvalue weighted by molar-refractivity contribution is -0.127. The first kappa shape index (κ1) is 18.0. The molecule has 1 N–H and O–H groups in total. The van der Waals surface area contributed by atoms with E-state index in [2.05, 4.69) is 5.32 Å². The second-order valence-electron chi connectivity index (χ2n) is 8.20. The van der Waals surface area contributed by atoms with Gasteiger partial charge in [-0.2, -0.15) is 4.31 Å². The molecule has 6 heteroatoms. The fourth-order valence-corrected chi connectivity index (χ4v) is 5.50. The minimum absolute atomic E-state index is 0.0560. The Morgan fingerprint density at radius 1 is 1.00 bits per heavy atom. The van der Waals surface area contributed by atoms with E-state index in [9.17, 15) is 13.2 Å². The highest BCUT2D eigenvalue weighted by atomic mass is 32.2. The third kappa shape index (κ3) is 3.81. The molecule has 0 aromatic heterocycles. The first-order chi connectivity index (χ1) is 12.4. The lowest BCUT2D eigenvalue weighted by Crippen LogP contribution is -2.46. The summed E-state index contributed by atoms with van der Waals surface area (Å²) in [7, 11) is -3.46. The quantitative estimate of drug-likeness (QED) is 0.830. The predicted molar refractivity (Wildman–Crippen MR) is 100 cm³/mol. The third-order valence-corrected chi connectivity index (χ3v) is 7.97. The molecule has 3 fully saturated rings. The number of hydrogen-bond acceptors (Lipinski definition) is 3. The number of aryl methyl sites for hydroxylation is 1. The van der Waals surface area contributed by atoms with E-state index in [1.807, 2.05) is 19.1 Å². The van der Waals surface area contributed by atoms with Gasteiger partial charge in [-0.1, -0.05) is 17.7 Å². The molecule has 2 aliphatic carbocycles. The zero-order valence-corrected chi connectivity index (χ0v) is 16.2. The third-order valence-electron chi connectivity index (χ3n) is 6.05. The van der Waals surface area contributed by atoms with Crippen molar-refractivity contribution in [3.8, 4) is 0 Å². The van der Waals surface area contributed by atoms with Crippen molar-refractivity contribution in [3.63, 3.8) is 0 Å². The van der Waals surface area contributed by atoms with Gasteiger partial charge in [0.25, 0.3) is 0 Å². The smallest absolute Gasteiger partial charge is 0.243 e. The van der Waals surface area contributed by atoms with E-state index in [1.54, 1.807) is 12.1 Å². The van der Waals surface area contributed by atoms with Crippen LogP contribution >= 0.6 is 0 Å². The molecule has 2 saturated carbocycles. The normalized spacial score (nSPS) is 22.5. The minimum atomic E-state index is -3.46. The molecule has 1 heterocycles. The number of benzene rings is 1. The van der Waals surface area contributed by atoms with E-state index < -0.39 is 10.0 Å². The number of amides is 1. The zero-order chi connectivity index (χ0) is 18.3. The summed E-state index contributed by atoms with van der Waals surface area (Å²) < 4.78 is 27.1. The predicted octanol–water partition coefficient (Wildman–Crippen LogP) is 2.70. The average Bonchev–Trinajstić information content (AvgIpc) is 3.54. The summed E-state index contributed by atoms with van der Waals surface area (Å²) in [6.45, 7) is 2.79. The van der Waals surface area contributed by atoms with E-state index in [0.717, 1.165) is 5.56 Å². The molecule has 26 heavy (non-hydrogen) atoms. The first-order valence-corrected chi connectivity index (χ1v) is 11.3. The topological polar surface area (TPSA) is 66.5 Å². The van der Waals surface area contributed by atoms with E-state index in [0.29, 0.717) is 48.7 Å². The summed E-state index contributed by atoms with van der Waals surface area (Å²) in [5, 5.41) is 3.30. The fourth-order valence-electron chi connectivity index (χ4n) is 4.03. The van der Waals surface area contributed by atoms with E-state index in [1.165, 1.54) is 30.0 Å². The summed E-state index contributed by atoms with van der Waals surface area (Å²) >= 11 is 0. The Balaban J connectivity index is 1.34. The Hall–Kier alpha value is -1.40. The number of piperidine rings is 1. The van der Waals surface area contributed by atoms with Crippen LogP contribution in [0.25, 0.3) is 0 Å². The second-order valence-corrected chi connectivity index (χ2v) is 10.1. The Morgan fingerprint density at radius 3 is 2.04 bits per heavy atom. The van der Waals surface area contributed by atoms with E-state index >= 15 is 0 Å². The molecule has 0 unspecified atom stereocenters. The van der Waals surface area contributed by atoms with Crippen molar-refractivity contribution in [3.05, 3.63) is 29.8 Å². The molecule has 0 bridgehead atoms. The van der Waals surface area contributed by atoms with Crippen LogP contribution in [0.4, 0.5) is 0 Å². The largest absolute Gasteiger partial charge is 0.353 e. The number of hydrogen-bond donors (Lipinski definition) is 1. The highest BCUT2D eigenvalue weighted by Crippen LogP contribution is 2.44. The molecule has 3 aliphatic rings. The van der Waals surface area contributed by atoms with Crippen molar-refractivity contribution in [2.24, 2.45) is 17.8 Å². The highest BCUT2D eigenvalue weighted by Gasteiger charge is 2.43. The second kappa shape index (κ2) is 6.97. The molecule has 1 aromatic rings. The van der Waals surface area contributed by atoms with Gasteiger partial charge >= 0.3 is 0 Å². The van der Waals surface area contributed by atoms with Gasteiger partial charge in [0.05, 0.1) is 4.90 Å². The summed E-state index contributed by atoms with van der Waals surface area (Å²) in [6, 6.07) is 7.35. The number of nitrogens with one attached hydrogen (secondary N) is 1. The number of rotatable bonds is 6. The molecule has 1 saturated heterocycles. The Morgan fingerprint density at radius 2 is 1.54 bits per heavy atom.